The molecule has 0 radical (unpaired) electrons. The van der Waals surface area contributed by atoms with Crippen LogP contribution in [0.25, 0.3) is 11.1 Å². The van der Waals surface area contributed by atoms with Crippen molar-refractivity contribution in [2.45, 2.75) is 76.4 Å². The van der Waals surface area contributed by atoms with Crippen LogP contribution in [0, 0.1) is 0 Å². The Morgan fingerprint density at radius 3 is 2.40 bits per heavy atom. The molecule has 7 amide bonds. The molecule has 2 aromatic heterocycles. The van der Waals surface area contributed by atoms with Crippen molar-refractivity contribution in [3.8, 4) is 11.1 Å². The van der Waals surface area contributed by atoms with E-state index in [9.17, 15) is 37.5 Å². The topological polar surface area (TPSA) is 206 Å². The summed E-state index contributed by atoms with van der Waals surface area (Å²) in [7, 11) is 3.36. The van der Waals surface area contributed by atoms with Crippen LogP contribution in [0.1, 0.15) is 94.1 Å². The van der Waals surface area contributed by atoms with Crippen molar-refractivity contribution >= 4 is 52.8 Å². The van der Waals surface area contributed by atoms with E-state index in [0.717, 1.165) is 34.6 Å². The number of carbonyl (C=O) groups excluding carboxylic acids is 6. The number of piperidine rings is 2. The van der Waals surface area contributed by atoms with Gasteiger partial charge in [-0.3, -0.25) is 43.6 Å². The maximum atomic E-state index is 14.7. The van der Waals surface area contributed by atoms with Crippen molar-refractivity contribution in [3.05, 3.63) is 76.2 Å². The van der Waals surface area contributed by atoms with Crippen LogP contribution in [0.2, 0.25) is 0 Å². The molecule has 5 aliphatic heterocycles. The number of alkyl halides is 2. The van der Waals surface area contributed by atoms with Gasteiger partial charge >= 0.3 is 6.03 Å². The normalized spacial score (nSPS) is 18.5. The Hall–Kier alpha value is -6.74. The predicted octanol–water partition coefficient (Wildman–Crippen LogP) is 4.10. The molecule has 9 rings (SSSR count). The third kappa shape index (κ3) is 9.28. The van der Waals surface area contributed by atoms with Crippen molar-refractivity contribution in [2.24, 2.45) is 7.05 Å². The molecule has 21 heteroatoms. The summed E-state index contributed by atoms with van der Waals surface area (Å²) in [6, 6.07) is 7.04. The molecule has 2 aromatic carbocycles. The predicted molar refractivity (Wildman–Crippen MR) is 242 cm³/mol. The van der Waals surface area contributed by atoms with Gasteiger partial charge in [0.25, 0.3) is 18.2 Å². The van der Waals surface area contributed by atoms with E-state index in [1.165, 1.54) is 0 Å². The van der Waals surface area contributed by atoms with Crippen molar-refractivity contribution in [1.29, 1.82) is 0 Å². The Balaban J connectivity index is 0.749. The van der Waals surface area contributed by atoms with E-state index in [1.54, 1.807) is 60.3 Å². The number of nitrogens with one attached hydrogen (secondary N) is 3. The summed E-state index contributed by atoms with van der Waals surface area (Å²) in [6.45, 7) is 4.10. The Kier molecular flexibility index (Phi) is 13.5. The molecule has 68 heavy (non-hydrogen) atoms. The molecule has 0 saturated carbocycles. The van der Waals surface area contributed by atoms with Crippen LogP contribution in [-0.2, 0) is 50.3 Å². The molecule has 19 nitrogen and oxygen atoms in total. The van der Waals surface area contributed by atoms with Crippen LogP contribution in [0.5, 0.6) is 0 Å². The lowest BCUT2D eigenvalue weighted by Gasteiger charge is -2.34. The largest absolute Gasteiger partial charge is 0.383 e. The maximum Gasteiger partial charge on any atom is 0.317 e. The quantitative estimate of drug-likeness (QED) is 0.114. The monoisotopic (exact) mass is 939 g/mol. The van der Waals surface area contributed by atoms with Crippen LogP contribution >= 0.6 is 0 Å². The minimum absolute atomic E-state index is 0.00172. The number of halogens is 2. The first kappa shape index (κ1) is 46.4. The van der Waals surface area contributed by atoms with E-state index in [1.807, 2.05) is 15.9 Å². The van der Waals surface area contributed by atoms with E-state index in [0.29, 0.717) is 107 Å². The second-order valence-electron chi connectivity index (χ2n) is 17.7. The molecule has 0 aliphatic carbocycles. The molecule has 7 heterocycles. The van der Waals surface area contributed by atoms with Crippen LogP contribution < -0.4 is 20.9 Å². The number of hydrogen-bond acceptors (Lipinski definition) is 12. The first-order valence-electron chi connectivity index (χ1n) is 23.2. The number of carbonyl (C=O) groups is 6. The number of urea groups is 1. The number of rotatable bonds is 15. The summed E-state index contributed by atoms with van der Waals surface area (Å²) in [5, 5.41) is 17.6. The minimum atomic E-state index is -2.70. The molecular weight excluding hydrogens is 885 g/mol. The average Bonchev–Trinajstić information content (AvgIpc) is 4.02. The van der Waals surface area contributed by atoms with E-state index in [2.05, 4.69) is 25.7 Å². The fraction of sp³-hybridized carbons (Fsp3) is 0.489. The lowest BCUT2D eigenvalue weighted by molar-refractivity contribution is -0.136. The number of fused-ring (bicyclic) bond motifs is 3. The van der Waals surface area contributed by atoms with E-state index in [4.69, 9.17) is 14.6 Å². The first-order valence-corrected chi connectivity index (χ1v) is 23.2. The third-order valence-electron chi connectivity index (χ3n) is 13.5. The van der Waals surface area contributed by atoms with Gasteiger partial charge in [0.1, 0.15) is 6.04 Å². The summed E-state index contributed by atoms with van der Waals surface area (Å²) in [5.74, 6) is -1.55. The van der Waals surface area contributed by atoms with Gasteiger partial charge < -0.3 is 34.8 Å². The lowest BCUT2D eigenvalue weighted by atomic mass is 9.92. The number of imide groups is 2. The number of amides is 7. The zero-order valence-corrected chi connectivity index (χ0v) is 38.1. The summed E-state index contributed by atoms with van der Waals surface area (Å²) in [5.41, 5.74) is 5.63. The third-order valence-corrected chi connectivity index (χ3v) is 13.5. The summed E-state index contributed by atoms with van der Waals surface area (Å²) < 4.78 is 44.5. The fourth-order valence-corrected chi connectivity index (χ4v) is 9.99. The van der Waals surface area contributed by atoms with Gasteiger partial charge in [0.05, 0.1) is 62.8 Å². The molecule has 3 N–H and O–H groups in total. The highest BCUT2D eigenvalue weighted by atomic mass is 19.3. The highest BCUT2D eigenvalue weighted by Gasteiger charge is 2.45. The minimum Gasteiger partial charge on any atom is -0.383 e. The summed E-state index contributed by atoms with van der Waals surface area (Å²) in [6.07, 6.45) is 4.48. The first-order chi connectivity index (χ1) is 32.9. The van der Waals surface area contributed by atoms with Gasteiger partial charge in [-0.1, -0.05) is 0 Å². The molecule has 0 bridgehead atoms. The lowest BCUT2D eigenvalue weighted by Crippen LogP contribution is -2.54. The number of hydrogen-bond donors (Lipinski definition) is 3. The van der Waals surface area contributed by atoms with E-state index < -0.39 is 36.1 Å². The standard InChI is InChI=1S/C47H55F2N11O8/c1-50-47(66)57-17-11-37-36(27-57)43(58-14-3-4-28-22-33(29-25-52-55(2)26-29)34(42(48)49)24-39(28)58)54-60(37)31-9-15-56(16-10-31)41(62)12-18-67-20-21-68-19-13-51-30-5-6-32-35(23-30)46(65)59(45(32)64)38-7-8-40(61)53-44(38)63/h5-6,22-26,31,38,42,51H,3-4,7-21,27H2,1-2H3,(H,50,66)(H,53,61,63). The molecule has 2 saturated heterocycles. The SMILES string of the molecule is CNC(=O)N1CCc2c(c(N3CCCc4cc(-c5cnn(C)c5)c(C(F)F)cc43)nn2C2CCN(C(=O)CCOCCOCCNc3ccc4c(c3)C(=O)N(C3CCC(=O)NC3=O)C4=O)CC2)C1. The van der Waals surface area contributed by atoms with Gasteiger partial charge in [0, 0.05) is 99.6 Å². The number of aromatic nitrogens is 4. The average molecular weight is 940 g/mol. The van der Waals surface area contributed by atoms with Gasteiger partial charge in [0.15, 0.2) is 5.82 Å². The Labute approximate surface area is 391 Å². The molecule has 1 unspecified atom stereocenters. The number of ether oxygens (including phenoxy) is 2. The molecular formula is C47H55F2N11O8. The number of aryl methyl sites for hydroxylation is 2. The van der Waals surface area contributed by atoms with E-state index in [-0.39, 0.29) is 60.5 Å². The Morgan fingerprint density at radius 1 is 0.882 bits per heavy atom. The zero-order chi connectivity index (χ0) is 47.6. The highest BCUT2D eigenvalue weighted by Crippen LogP contribution is 2.44. The second-order valence-corrected chi connectivity index (χ2v) is 17.7. The number of anilines is 3. The van der Waals surface area contributed by atoms with Crippen LogP contribution in [-0.4, -0.2) is 142 Å². The van der Waals surface area contributed by atoms with Gasteiger partial charge in [-0.25, -0.2) is 13.6 Å². The van der Waals surface area contributed by atoms with Gasteiger partial charge in [-0.05, 0) is 73.6 Å². The number of likely N-dealkylation sites (tertiary alicyclic amines) is 1. The molecule has 4 aromatic rings. The fourth-order valence-electron chi connectivity index (χ4n) is 9.99. The maximum absolute atomic E-state index is 14.7. The molecule has 1 atom stereocenters. The van der Waals surface area contributed by atoms with Gasteiger partial charge in [-0.15, -0.1) is 0 Å². The molecule has 5 aliphatic rings. The van der Waals surface area contributed by atoms with Gasteiger partial charge in [-0.2, -0.15) is 10.2 Å². The number of benzene rings is 2. The van der Waals surface area contributed by atoms with Crippen LogP contribution in [0.15, 0.2) is 42.7 Å². The molecule has 360 valence electrons. The Morgan fingerprint density at radius 2 is 1.66 bits per heavy atom. The van der Waals surface area contributed by atoms with Crippen molar-refractivity contribution in [1.82, 2.24) is 44.9 Å². The highest BCUT2D eigenvalue weighted by molar-refractivity contribution is 6.23. The van der Waals surface area contributed by atoms with Gasteiger partial charge in [0.2, 0.25) is 17.7 Å². The van der Waals surface area contributed by atoms with Crippen LogP contribution in [0.3, 0.4) is 0 Å². The van der Waals surface area contributed by atoms with Crippen LogP contribution in [0.4, 0.5) is 30.8 Å². The van der Waals surface area contributed by atoms with Crippen molar-refractivity contribution in [2.75, 3.05) is 76.4 Å². The zero-order valence-electron chi connectivity index (χ0n) is 38.1. The van der Waals surface area contributed by atoms with E-state index >= 15 is 0 Å². The second kappa shape index (κ2) is 19.8. The summed E-state index contributed by atoms with van der Waals surface area (Å²) in [4.78, 5) is 82.7. The summed E-state index contributed by atoms with van der Waals surface area (Å²) >= 11 is 0. The van der Waals surface area contributed by atoms with Crippen molar-refractivity contribution < 1.29 is 47.0 Å². The Bertz CT molecular complexity index is 2620. The molecule has 2 fully saturated rings. The smallest absolute Gasteiger partial charge is 0.317 e. The van der Waals surface area contributed by atoms with Crippen molar-refractivity contribution in [3.63, 3.8) is 0 Å². The molecule has 0 spiro atoms. The number of nitrogens with zero attached hydrogens (tertiary/aromatic N) is 8.